The summed E-state index contributed by atoms with van der Waals surface area (Å²) in [6, 6.07) is 3.81. The number of aryl methyl sites for hydroxylation is 1. The van der Waals surface area contributed by atoms with Crippen molar-refractivity contribution in [3.63, 3.8) is 0 Å². The second-order valence-corrected chi connectivity index (χ2v) is 6.48. The molecular formula is C12H14ClN3OS2. The van der Waals surface area contributed by atoms with E-state index >= 15 is 0 Å². The van der Waals surface area contributed by atoms with Gasteiger partial charge in [0, 0.05) is 11.4 Å². The first kappa shape index (κ1) is 14.4. The molecule has 102 valence electrons. The average Bonchev–Trinajstić information content (AvgIpc) is 3.03. The molecule has 0 bridgehead atoms. The fraction of sp³-hybridized carbons (Fsp3) is 0.417. The smallest absolute Gasteiger partial charge is 0.267 e. The van der Waals surface area contributed by atoms with Crippen LogP contribution in [0.4, 0.5) is 0 Å². The molecule has 0 N–H and O–H groups in total. The van der Waals surface area contributed by atoms with Crippen LogP contribution in [-0.2, 0) is 13.0 Å². The Morgan fingerprint density at radius 2 is 2.21 bits per heavy atom. The van der Waals surface area contributed by atoms with Crippen molar-refractivity contribution in [1.82, 2.24) is 14.5 Å². The summed E-state index contributed by atoms with van der Waals surface area (Å²) in [7, 11) is 0. The number of carbonyl (C=O) groups is 1. The van der Waals surface area contributed by atoms with Crippen molar-refractivity contribution < 1.29 is 4.79 Å². The number of thiophene rings is 1. The maximum atomic E-state index is 12.5. The highest BCUT2D eigenvalue weighted by molar-refractivity contribution is 7.16. The largest absolute Gasteiger partial charge is 0.333 e. The van der Waals surface area contributed by atoms with E-state index in [-0.39, 0.29) is 5.91 Å². The van der Waals surface area contributed by atoms with E-state index in [2.05, 4.69) is 9.59 Å². The maximum absolute atomic E-state index is 12.5. The number of aromatic nitrogens is 2. The molecule has 0 spiro atoms. The van der Waals surface area contributed by atoms with Crippen molar-refractivity contribution in [2.45, 2.75) is 26.8 Å². The molecule has 0 aliphatic heterocycles. The van der Waals surface area contributed by atoms with Crippen LogP contribution < -0.4 is 0 Å². The molecule has 2 aromatic heterocycles. The van der Waals surface area contributed by atoms with E-state index in [0.717, 1.165) is 21.3 Å². The Morgan fingerprint density at radius 1 is 1.42 bits per heavy atom. The number of hydrogen-bond acceptors (Lipinski definition) is 5. The third-order valence-electron chi connectivity index (χ3n) is 2.73. The van der Waals surface area contributed by atoms with Crippen molar-refractivity contribution in [1.29, 1.82) is 0 Å². The molecule has 0 unspecified atom stereocenters. The number of rotatable bonds is 5. The first-order valence-corrected chi connectivity index (χ1v) is 7.97. The molecular weight excluding hydrogens is 302 g/mol. The highest BCUT2D eigenvalue weighted by atomic mass is 35.5. The van der Waals surface area contributed by atoms with E-state index in [4.69, 9.17) is 11.6 Å². The normalized spacial score (nSPS) is 10.7. The van der Waals surface area contributed by atoms with Gasteiger partial charge in [0.1, 0.15) is 4.88 Å². The standard InChI is InChI=1S/C12H14ClN3OS2/c1-3-9-11(19-15-14-9)12(17)16(4-2)7-8-5-6-10(13)18-8/h5-6H,3-4,7H2,1-2H3. The minimum absolute atomic E-state index is 0.00104. The van der Waals surface area contributed by atoms with Gasteiger partial charge in [-0.15, -0.1) is 16.4 Å². The molecule has 0 aliphatic carbocycles. The minimum atomic E-state index is -0.00104. The Morgan fingerprint density at radius 3 is 2.79 bits per heavy atom. The van der Waals surface area contributed by atoms with Crippen LogP contribution in [0.2, 0.25) is 4.34 Å². The zero-order valence-electron chi connectivity index (χ0n) is 10.7. The molecule has 7 heteroatoms. The molecule has 0 radical (unpaired) electrons. The van der Waals surface area contributed by atoms with Crippen molar-refractivity contribution in [2.24, 2.45) is 0 Å². The van der Waals surface area contributed by atoms with Crippen LogP contribution in [0.3, 0.4) is 0 Å². The first-order valence-electron chi connectivity index (χ1n) is 6.00. The van der Waals surface area contributed by atoms with E-state index in [9.17, 15) is 4.79 Å². The summed E-state index contributed by atoms with van der Waals surface area (Å²) in [5.41, 5.74) is 0.776. The Hall–Kier alpha value is -0.980. The van der Waals surface area contributed by atoms with Crippen LogP contribution in [-0.4, -0.2) is 26.9 Å². The van der Waals surface area contributed by atoms with E-state index in [1.807, 2.05) is 26.0 Å². The topological polar surface area (TPSA) is 46.1 Å². The summed E-state index contributed by atoms with van der Waals surface area (Å²) >= 11 is 8.58. The van der Waals surface area contributed by atoms with Gasteiger partial charge in [0.15, 0.2) is 0 Å². The second kappa shape index (κ2) is 6.45. The van der Waals surface area contributed by atoms with Crippen LogP contribution in [0, 0.1) is 0 Å². The van der Waals surface area contributed by atoms with Gasteiger partial charge in [-0.05, 0) is 37.0 Å². The second-order valence-electron chi connectivity index (χ2n) is 3.93. The highest BCUT2D eigenvalue weighted by Crippen LogP contribution is 2.24. The third kappa shape index (κ3) is 3.32. The lowest BCUT2D eigenvalue weighted by Crippen LogP contribution is -2.30. The first-order chi connectivity index (χ1) is 9.15. The Bertz CT molecular complexity index is 567. The number of halogens is 1. The molecule has 0 aromatic carbocycles. The van der Waals surface area contributed by atoms with Crippen molar-refractivity contribution in [2.75, 3.05) is 6.54 Å². The molecule has 0 aliphatic rings. The van der Waals surface area contributed by atoms with E-state index in [0.29, 0.717) is 18.0 Å². The Kier molecular flexibility index (Phi) is 4.90. The predicted octanol–water partition coefficient (Wildman–Crippen LogP) is 3.48. The third-order valence-corrected chi connectivity index (χ3v) is 4.70. The average molecular weight is 316 g/mol. The van der Waals surface area contributed by atoms with Crippen molar-refractivity contribution in [3.05, 3.63) is 31.9 Å². The fourth-order valence-electron chi connectivity index (χ4n) is 1.70. The van der Waals surface area contributed by atoms with Gasteiger partial charge in [-0.3, -0.25) is 4.79 Å². The molecule has 4 nitrogen and oxygen atoms in total. The summed E-state index contributed by atoms with van der Waals surface area (Å²) in [6.07, 6.45) is 0.722. The molecule has 0 atom stereocenters. The van der Waals surface area contributed by atoms with E-state index in [1.54, 1.807) is 4.90 Å². The number of carbonyl (C=O) groups excluding carboxylic acids is 1. The summed E-state index contributed by atoms with van der Waals surface area (Å²) in [5, 5.41) is 3.99. The van der Waals surface area contributed by atoms with Crippen LogP contribution >= 0.6 is 34.5 Å². The summed E-state index contributed by atoms with van der Waals surface area (Å²) in [4.78, 5) is 16.0. The zero-order chi connectivity index (χ0) is 13.8. The number of nitrogens with zero attached hydrogens (tertiary/aromatic N) is 3. The van der Waals surface area contributed by atoms with Gasteiger partial charge in [-0.2, -0.15) is 0 Å². The van der Waals surface area contributed by atoms with Crippen molar-refractivity contribution >= 4 is 40.4 Å². The van der Waals surface area contributed by atoms with Gasteiger partial charge in [-0.1, -0.05) is 23.0 Å². The van der Waals surface area contributed by atoms with E-state index < -0.39 is 0 Å². The highest BCUT2D eigenvalue weighted by Gasteiger charge is 2.21. The number of amides is 1. The lowest BCUT2D eigenvalue weighted by atomic mass is 10.2. The van der Waals surface area contributed by atoms with Crippen LogP contribution in [0.1, 0.15) is 34.1 Å². The van der Waals surface area contributed by atoms with E-state index in [1.165, 1.54) is 22.9 Å². The Labute approximate surface area is 125 Å². The van der Waals surface area contributed by atoms with Gasteiger partial charge < -0.3 is 4.90 Å². The van der Waals surface area contributed by atoms with Crippen LogP contribution in [0.15, 0.2) is 12.1 Å². The fourth-order valence-corrected chi connectivity index (χ4v) is 3.52. The SMILES string of the molecule is CCc1nnsc1C(=O)N(CC)Cc1ccc(Cl)s1. The molecule has 1 amide bonds. The zero-order valence-corrected chi connectivity index (χ0v) is 13.1. The molecule has 0 saturated heterocycles. The van der Waals surface area contributed by atoms with Gasteiger partial charge >= 0.3 is 0 Å². The molecule has 0 saturated carbocycles. The van der Waals surface area contributed by atoms with Gasteiger partial charge in [0.2, 0.25) is 0 Å². The van der Waals surface area contributed by atoms with Gasteiger partial charge in [0.25, 0.3) is 5.91 Å². The van der Waals surface area contributed by atoms with Crippen LogP contribution in [0.5, 0.6) is 0 Å². The molecule has 2 aromatic rings. The number of hydrogen-bond donors (Lipinski definition) is 0. The van der Waals surface area contributed by atoms with Gasteiger partial charge in [0.05, 0.1) is 16.6 Å². The summed E-state index contributed by atoms with van der Waals surface area (Å²) in [6.45, 7) is 5.17. The minimum Gasteiger partial charge on any atom is -0.333 e. The van der Waals surface area contributed by atoms with Gasteiger partial charge in [-0.25, -0.2) is 0 Å². The predicted molar refractivity (Wildman–Crippen MR) is 79.0 cm³/mol. The molecule has 2 heterocycles. The Balaban J connectivity index is 2.15. The van der Waals surface area contributed by atoms with Crippen LogP contribution in [0.25, 0.3) is 0 Å². The lowest BCUT2D eigenvalue weighted by Gasteiger charge is -2.19. The monoisotopic (exact) mass is 315 g/mol. The summed E-state index contributed by atoms with van der Waals surface area (Å²) < 4.78 is 4.61. The van der Waals surface area contributed by atoms with Crippen molar-refractivity contribution in [3.8, 4) is 0 Å². The molecule has 2 rings (SSSR count). The summed E-state index contributed by atoms with van der Waals surface area (Å²) in [5.74, 6) is -0.00104. The lowest BCUT2D eigenvalue weighted by molar-refractivity contribution is 0.0758. The molecule has 19 heavy (non-hydrogen) atoms. The molecule has 0 fully saturated rings. The maximum Gasteiger partial charge on any atom is 0.267 e. The quantitative estimate of drug-likeness (QED) is 0.848.